The summed E-state index contributed by atoms with van der Waals surface area (Å²) < 4.78 is 0. The van der Waals surface area contributed by atoms with E-state index in [1.807, 2.05) is 18.2 Å². The summed E-state index contributed by atoms with van der Waals surface area (Å²) in [6, 6.07) is 10.2. The van der Waals surface area contributed by atoms with Crippen LogP contribution in [-0.2, 0) is 5.60 Å². The number of fused-ring (bicyclic) bond motifs is 1. The lowest BCUT2D eigenvalue weighted by Crippen LogP contribution is -2.28. The maximum absolute atomic E-state index is 11.0. The number of pyridine rings is 1. The van der Waals surface area contributed by atoms with E-state index in [0.29, 0.717) is 5.92 Å². The Kier molecular flexibility index (Phi) is 2.83. The van der Waals surface area contributed by atoms with Crippen molar-refractivity contribution >= 4 is 10.9 Å². The Labute approximate surface area is 108 Å². The number of hydrogen-bond acceptors (Lipinski definition) is 2. The molecule has 3 rings (SSSR count). The third-order valence-electron chi connectivity index (χ3n) is 3.99. The Bertz CT molecular complexity index is 562. The molecule has 2 aromatic rings. The molecule has 0 aliphatic heterocycles. The summed E-state index contributed by atoms with van der Waals surface area (Å²) in [5, 5.41) is 12.1. The van der Waals surface area contributed by atoms with Crippen molar-refractivity contribution in [2.45, 2.75) is 38.2 Å². The molecule has 1 heterocycles. The van der Waals surface area contributed by atoms with E-state index in [1.165, 1.54) is 0 Å². The van der Waals surface area contributed by atoms with Crippen molar-refractivity contribution in [3.05, 3.63) is 42.1 Å². The van der Waals surface area contributed by atoms with E-state index in [0.717, 1.165) is 42.1 Å². The lowest BCUT2D eigenvalue weighted by atomic mass is 9.84. The van der Waals surface area contributed by atoms with Crippen LogP contribution >= 0.6 is 0 Å². The van der Waals surface area contributed by atoms with Crippen molar-refractivity contribution in [1.29, 1.82) is 0 Å². The van der Waals surface area contributed by atoms with Gasteiger partial charge >= 0.3 is 0 Å². The summed E-state index contributed by atoms with van der Waals surface area (Å²) in [5.41, 5.74) is 1.43. The van der Waals surface area contributed by atoms with Crippen molar-refractivity contribution in [3.8, 4) is 0 Å². The maximum atomic E-state index is 11.0. The zero-order valence-corrected chi connectivity index (χ0v) is 10.8. The van der Waals surface area contributed by atoms with Gasteiger partial charge in [0.25, 0.3) is 0 Å². The zero-order valence-electron chi connectivity index (χ0n) is 10.8. The molecule has 0 radical (unpaired) electrons. The molecule has 1 N–H and O–H groups in total. The van der Waals surface area contributed by atoms with Gasteiger partial charge in [0.15, 0.2) is 0 Å². The minimum atomic E-state index is -0.626. The van der Waals surface area contributed by atoms with Crippen LogP contribution in [0, 0.1) is 5.92 Å². The molecule has 0 spiro atoms. The summed E-state index contributed by atoms with van der Waals surface area (Å²) in [5.74, 6) is 0.451. The predicted molar refractivity (Wildman–Crippen MR) is 73.3 cm³/mol. The van der Waals surface area contributed by atoms with E-state index in [4.69, 9.17) is 0 Å². The standard InChI is InChI=1S/C16H19NO/c1-2-9-16(18,13-5-6-13)14-7-8-15-12(11-14)4-3-10-17-15/h3-4,7-8,10-11,13,18H,2,5-6,9H2,1H3. The number of aliphatic hydroxyl groups is 1. The van der Waals surface area contributed by atoms with E-state index in [-0.39, 0.29) is 0 Å². The largest absolute Gasteiger partial charge is 0.385 e. The average Bonchev–Trinajstić information content (AvgIpc) is 3.23. The summed E-state index contributed by atoms with van der Waals surface area (Å²) >= 11 is 0. The van der Waals surface area contributed by atoms with E-state index < -0.39 is 5.60 Å². The second-order valence-corrected chi connectivity index (χ2v) is 5.36. The SMILES string of the molecule is CCCC(O)(c1ccc2ncccc2c1)C1CC1. The molecule has 1 aromatic heterocycles. The van der Waals surface area contributed by atoms with Gasteiger partial charge in [0.1, 0.15) is 0 Å². The van der Waals surface area contributed by atoms with Gasteiger partial charge in [-0.1, -0.05) is 25.5 Å². The van der Waals surface area contributed by atoms with Gasteiger partial charge in [-0.15, -0.1) is 0 Å². The second kappa shape index (κ2) is 4.36. The van der Waals surface area contributed by atoms with Crippen LogP contribution in [0.15, 0.2) is 36.5 Å². The van der Waals surface area contributed by atoms with Crippen molar-refractivity contribution < 1.29 is 5.11 Å². The molecule has 0 bridgehead atoms. The fourth-order valence-corrected chi connectivity index (χ4v) is 2.87. The third kappa shape index (κ3) is 1.91. The quantitative estimate of drug-likeness (QED) is 0.886. The van der Waals surface area contributed by atoms with E-state index in [1.54, 1.807) is 6.20 Å². The highest BCUT2D eigenvalue weighted by molar-refractivity contribution is 5.79. The first kappa shape index (κ1) is 11.7. The van der Waals surface area contributed by atoms with Crippen LogP contribution in [0.5, 0.6) is 0 Å². The molecule has 2 nitrogen and oxygen atoms in total. The van der Waals surface area contributed by atoms with Gasteiger partial charge in [-0.2, -0.15) is 0 Å². The normalized spacial score (nSPS) is 18.8. The van der Waals surface area contributed by atoms with Crippen molar-refractivity contribution in [1.82, 2.24) is 4.98 Å². The second-order valence-electron chi connectivity index (χ2n) is 5.36. The molecule has 1 fully saturated rings. The molecule has 1 atom stereocenters. The molecule has 94 valence electrons. The third-order valence-corrected chi connectivity index (χ3v) is 3.99. The van der Waals surface area contributed by atoms with Crippen LogP contribution in [-0.4, -0.2) is 10.1 Å². The van der Waals surface area contributed by atoms with Gasteiger partial charge in [0.2, 0.25) is 0 Å². The number of nitrogens with zero attached hydrogens (tertiary/aromatic N) is 1. The maximum Gasteiger partial charge on any atom is 0.0924 e. The number of hydrogen-bond donors (Lipinski definition) is 1. The summed E-state index contributed by atoms with van der Waals surface area (Å²) in [6.07, 6.45) is 5.98. The van der Waals surface area contributed by atoms with Gasteiger partial charge in [-0.05, 0) is 48.9 Å². The summed E-state index contributed by atoms with van der Waals surface area (Å²) in [4.78, 5) is 4.33. The fourth-order valence-electron chi connectivity index (χ4n) is 2.87. The highest BCUT2D eigenvalue weighted by atomic mass is 16.3. The number of rotatable bonds is 4. The Balaban J connectivity index is 2.06. The van der Waals surface area contributed by atoms with Gasteiger partial charge in [0.05, 0.1) is 11.1 Å². The monoisotopic (exact) mass is 241 g/mol. The minimum Gasteiger partial charge on any atom is -0.385 e. The van der Waals surface area contributed by atoms with Crippen LogP contribution in [0.25, 0.3) is 10.9 Å². The number of aromatic nitrogens is 1. The Hall–Kier alpha value is -1.41. The number of benzene rings is 1. The van der Waals surface area contributed by atoms with Crippen LogP contribution in [0.3, 0.4) is 0 Å². The molecule has 18 heavy (non-hydrogen) atoms. The Morgan fingerprint density at radius 1 is 1.33 bits per heavy atom. The molecule has 2 heteroatoms. The molecule has 1 aliphatic rings. The first-order valence-corrected chi connectivity index (χ1v) is 6.81. The highest BCUT2D eigenvalue weighted by Gasteiger charge is 2.44. The summed E-state index contributed by atoms with van der Waals surface area (Å²) in [7, 11) is 0. The molecule has 0 amide bonds. The van der Waals surface area contributed by atoms with Gasteiger partial charge < -0.3 is 5.11 Å². The average molecular weight is 241 g/mol. The smallest absolute Gasteiger partial charge is 0.0924 e. The van der Waals surface area contributed by atoms with Crippen molar-refractivity contribution in [3.63, 3.8) is 0 Å². The molecule has 1 unspecified atom stereocenters. The van der Waals surface area contributed by atoms with Gasteiger partial charge in [0, 0.05) is 11.6 Å². The van der Waals surface area contributed by atoms with Crippen molar-refractivity contribution in [2.24, 2.45) is 5.92 Å². The van der Waals surface area contributed by atoms with Gasteiger partial charge in [-0.25, -0.2) is 0 Å². The lowest BCUT2D eigenvalue weighted by Gasteiger charge is -2.28. The molecular formula is C16H19NO. The van der Waals surface area contributed by atoms with E-state index in [9.17, 15) is 5.11 Å². The van der Waals surface area contributed by atoms with Gasteiger partial charge in [-0.3, -0.25) is 4.98 Å². The Morgan fingerprint density at radius 2 is 2.17 bits per heavy atom. The Morgan fingerprint density at radius 3 is 2.89 bits per heavy atom. The van der Waals surface area contributed by atoms with Crippen LogP contribution < -0.4 is 0 Å². The van der Waals surface area contributed by atoms with E-state index in [2.05, 4.69) is 24.0 Å². The fraction of sp³-hybridized carbons (Fsp3) is 0.438. The van der Waals surface area contributed by atoms with Crippen molar-refractivity contribution in [2.75, 3.05) is 0 Å². The highest BCUT2D eigenvalue weighted by Crippen LogP contribution is 2.48. The van der Waals surface area contributed by atoms with Crippen LogP contribution in [0.2, 0.25) is 0 Å². The lowest BCUT2D eigenvalue weighted by molar-refractivity contribution is 0.00351. The van der Waals surface area contributed by atoms with Crippen LogP contribution in [0.1, 0.15) is 38.2 Å². The predicted octanol–water partition coefficient (Wildman–Crippen LogP) is 3.63. The summed E-state index contributed by atoms with van der Waals surface area (Å²) in [6.45, 7) is 2.13. The molecule has 1 saturated carbocycles. The van der Waals surface area contributed by atoms with Crippen LogP contribution in [0.4, 0.5) is 0 Å². The molecule has 1 aromatic carbocycles. The molecule has 0 saturated heterocycles. The minimum absolute atomic E-state index is 0.451. The first-order chi connectivity index (χ1) is 8.74. The zero-order chi connectivity index (χ0) is 12.6. The first-order valence-electron chi connectivity index (χ1n) is 6.81. The molecular weight excluding hydrogens is 222 g/mol. The molecule has 1 aliphatic carbocycles. The van der Waals surface area contributed by atoms with E-state index >= 15 is 0 Å². The topological polar surface area (TPSA) is 33.1 Å².